The van der Waals surface area contributed by atoms with Crippen LogP contribution in [0.3, 0.4) is 0 Å². The molecule has 2 aliphatic rings. The van der Waals surface area contributed by atoms with Crippen LogP contribution in [-0.4, -0.2) is 47.9 Å². The molecule has 1 saturated heterocycles. The van der Waals surface area contributed by atoms with E-state index in [4.69, 9.17) is 0 Å². The molecule has 2 rings (SSSR count). The summed E-state index contributed by atoms with van der Waals surface area (Å²) in [5, 5.41) is 0. The fourth-order valence-electron chi connectivity index (χ4n) is 5.08. The summed E-state index contributed by atoms with van der Waals surface area (Å²) in [6.45, 7) is 17.8. The second-order valence-corrected chi connectivity index (χ2v) is 8.83. The van der Waals surface area contributed by atoms with Crippen molar-refractivity contribution >= 4 is 5.91 Å². The van der Waals surface area contributed by atoms with Crippen LogP contribution in [0, 0.1) is 16.7 Å². The first-order chi connectivity index (χ1) is 10.2. The largest absolute Gasteiger partial charge is 0.340 e. The van der Waals surface area contributed by atoms with Crippen LogP contribution in [0.5, 0.6) is 0 Å². The average Bonchev–Trinajstić information content (AvgIpc) is 2.46. The third-order valence-corrected chi connectivity index (χ3v) is 6.72. The van der Waals surface area contributed by atoms with Crippen molar-refractivity contribution in [3.8, 4) is 0 Å². The SMILES string of the molecule is CC(=O)N1CCN(C2CCC(C(C)C)(C(C)(C)C)CC2)CC1. The van der Waals surface area contributed by atoms with Gasteiger partial charge in [-0.2, -0.15) is 0 Å². The smallest absolute Gasteiger partial charge is 0.219 e. The summed E-state index contributed by atoms with van der Waals surface area (Å²) >= 11 is 0. The number of carbonyl (C=O) groups excluding carboxylic acids is 1. The molecule has 0 unspecified atom stereocenters. The molecule has 3 heteroatoms. The van der Waals surface area contributed by atoms with E-state index in [1.807, 2.05) is 4.90 Å². The van der Waals surface area contributed by atoms with Crippen LogP contribution >= 0.6 is 0 Å². The predicted molar refractivity (Wildman–Crippen MR) is 92.8 cm³/mol. The number of hydrogen-bond acceptors (Lipinski definition) is 2. The molecule has 1 aliphatic heterocycles. The summed E-state index contributed by atoms with van der Waals surface area (Å²) in [6, 6.07) is 0.739. The summed E-state index contributed by atoms with van der Waals surface area (Å²) in [5.41, 5.74) is 0.879. The Labute approximate surface area is 137 Å². The number of hydrogen-bond donors (Lipinski definition) is 0. The van der Waals surface area contributed by atoms with E-state index in [1.54, 1.807) is 6.92 Å². The molecule has 0 N–H and O–H groups in total. The minimum absolute atomic E-state index is 0.231. The monoisotopic (exact) mass is 308 g/mol. The third-order valence-electron chi connectivity index (χ3n) is 6.72. The zero-order valence-electron chi connectivity index (χ0n) is 15.6. The molecule has 0 aromatic heterocycles. The van der Waals surface area contributed by atoms with Crippen LogP contribution in [-0.2, 0) is 4.79 Å². The molecule has 1 aliphatic carbocycles. The van der Waals surface area contributed by atoms with Crippen molar-refractivity contribution in [3.63, 3.8) is 0 Å². The molecule has 3 nitrogen and oxygen atoms in total. The van der Waals surface area contributed by atoms with Crippen molar-refractivity contribution < 1.29 is 4.79 Å². The number of nitrogens with zero attached hydrogens (tertiary/aromatic N) is 2. The molecular weight excluding hydrogens is 272 g/mol. The van der Waals surface area contributed by atoms with Gasteiger partial charge in [-0.15, -0.1) is 0 Å². The van der Waals surface area contributed by atoms with Crippen molar-refractivity contribution in [2.75, 3.05) is 26.2 Å². The fourth-order valence-corrected chi connectivity index (χ4v) is 5.08. The maximum absolute atomic E-state index is 11.5. The standard InChI is InChI=1S/C19H36N2O/c1-15(2)19(18(4,5)6)9-7-17(8-10-19)21-13-11-20(12-14-21)16(3)22/h15,17H,7-14H2,1-6H3. The summed E-state index contributed by atoms with van der Waals surface area (Å²) in [4.78, 5) is 16.1. The molecule has 0 spiro atoms. The van der Waals surface area contributed by atoms with E-state index in [-0.39, 0.29) is 5.91 Å². The lowest BCUT2D eigenvalue weighted by Gasteiger charge is -2.54. The lowest BCUT2D eigenvalue weighted by molar-refractivity contribution is -0.131. The highest BCUT2D eigenvalue weighted by molar-refractivity contribution is 5.73. The first-order valence-corrected chi connectivity index (χ1v) is 9.17. The quantitative estimate of drug-likeness (QED) is 0.775. The normalized spacial score (nSPS) is 31.6. The summed E-state index contributed by atoms with van der Waals surface area (Å²) < 4.78 is 0. The highest BCUT2D eigenvalue weighted by Gasteiger charge is 2.47. The molecule has 0 atom stereocenters. The van der Waals surface area contributed by atoms with Gasteiger partial charge in [0.2, 0.25) is 5.91 Å². The Morgan fingerprint density at radius 1 is 1.05 bits per heavy atom. The Morgan fingerprint density at radius 3 is 1.91 bits per heavy atom. The zero-order valence-corrected chi connectivity index (χ0v) is 15.6. The van der Waals surface area contributed by atoms with E-state index in [0.717, 1.165) is 38.1 Å². The Morgan fingerprint density at radius 2 is 1.55 bits per heavy atom. The molecule has 128 valence electrons. The lowest BCUT2D eigenvalue weighted by Crippen LogP contribution is -2.54. The first-order valence-electron chi connectivity index (χ1n) is 9.17. The minimum Gasteiger partial charge on any atom is -0.340 e. The van der Waals surface area contributed by atoms with Crippen molar-refractivity contribution in [3.05, 3.63) is 0 Å². The average molecular weight is 309 g/mol. The molecule has 1 amide bonds. The molecule has 0 bridgehead atoms. The van der Waals surface area contributed by atoms with Gasteiger partial charge in [-0.25, -0.2) is 0 Å². The predicted octanol–water partition coefficient (Wildman–Crippen LogP) is 3.78. The van der Waals surface area contributed by atoms with Gasteiger partial charge >= 0.3 is 0 Å². The van der Waals surface area contributed by atoms with Crippen LogP contribution in [0.1, 0.15) is 67.2 Å². The third kappa shape index (κ3) is 3.34. The van der Waals surface area contributed by atoms with Crippen LogP contribution < -0.4 is 0 Å². The topological polar surface area (TPSA) is 23.6 Å². The van der Waals surface area contributed by atoms with E-state index < -0.39 is 0 Å². The van der Waals surface area contributed by atoms with E-state index in [0.29, 0.717) is 10.8 Å². The van der Waals surface area contributed by atoms with Gasteiger partial charge in [0, 0.05) is 39.1 Å². The maximum atomic E-state index is 11.5. The Kier molecular flexibility index (Phi) is 5.26. The van der Waals surface area contributed by atoms with Gasteiger partial charge in [-0.05, 0) is 42.4 Å². The number of rotatable bonds is 2. The molecule has 22 heavy (non-hydrogen) atoms. The Balaban J connectivity index is 1.94. The van der Waals surface area contributed by atoms with Crippen LogP contribution in [0.2, 0.25) is 0 Å². The van der Waals surface area contributed by atoms with Crippen molar-refractivity contribution in [1.82, 2.24) is 9.80 Å². The van der Waals surface area contributed by atoms with Gasteiger partial charge in [-0.1, -0.05) is 34.6 Å². The fraction of sp³-hybridized carbons (Fsp3) is 0.947. The van der Waals surface area contributed by atoms with Crippen LogP contribution in [0.15, 0.2) is 0 Å². The van der Waals surface area contributed by atoms with Crippen LogP contribution in [0.25, 0.3) is 0 Å². The minimum atomic E-state index is 0.231. The zero-order chi connectivity index (χ0) is 16.5. The number of piperazine rings is 1. The summed E-state index contributed by atoms with van der Waals surface area (Å²) in [5.74, 6) is 0.984. The van der Waals surface area contributed by atoms with Crippen molar-refractivity contribution in [1.29, 1.82) is 0 Å². The maximum Gasteiger partial charge on any atom is 0.219 e. The van der Waals surface area contributed by atoms with Gasteiger partial charge in [-0.3, -0.25) is 9.69 Å². The molecule has 0 aromatic rings. The van der Waals surface area contributed by atoms with E-state index >= 15 is 0 Å². The van der Waals surface area contributed by atoms with E-state index in [1.165, 1.54) is 25.7 Å². The van der Waals surface area contributed by atoms with Gasteiger partial charge in [0.05, 0.1) is 0 Å². The van der Waals surface area contributed by atoms with Crippen molar-refractivity contribution in [2.45, 2.75) is 73.3 Å². The number of carbonyl (C=O) groups is 1. The van der Waals surface area contributed by atoms with Crippen LogP contribution in [0.4, 0.5) is 0 Å². The van der Waals surface area contributed by atoms with Gasteiger partial charge in [0.1, 0.15) is 0 Å². The Bertz CT molecular complexity index is 381. The number of amides is 1. The van der Waals surface area contributed by atoms with E-state index in [9.17, 15) is 4.79 Å². The summed E-state index contributed by atoms with van der Waals surface area (Å²) in [6.07, 6.45) is 5.36. The lowest BCUT2D eigenvalue weighted by atomic mass is 9.54. The van der Waals surface area contributed by atoms with Gasteiger partial charge in [0.25, 0.3) is 0 Å². The van der Waals surface area contributed by atoms with Gasteiger partial charge < -0.3 is 4.90 Å². The molecular formula is C19H36N2O. The van der Waals surface area contributed by atoms with Gasteiger partial charge in [0.15, 0.2) is 0 Å². The van der Waals surface area contributed by atoms with E-state index in [2.05, 4.69) is 39.5 Å². The Hall–Kier alpha value is -0.570. The highest BCUT2D eigenvalue weighted by atomic mass is 16.2. The molecule has 1 saturated carbocycles. The second kappa shape index (κ2) is 6.51. The van der Waals surface area contributed by atoms with Crippen molar-refractivity contribution in [2.24, 2.45) is 16.7 Å². The molecule has 2 fully saturated rings. The molecule has 0 aromatic carbocycles. The second-order valence-electron chi connectivity index (χ2n) is 8.83. The summed E-state index contributed by atoms with van der Waals surface area (Å²) in [7, 11) is 0. The molecule has 1 heterocycles. The molecule has 0 radical (unpaired) electrons. The highest BCUT2D eigenvalue weighted by Crippen LogP contribution is 2.54. The first kappa shape index (κ1) is 17.8.